The number of thiazole rings is 1. The number of nitrogens with zero attached hydrogens (tertiary/aromatic N) is 4. The van der Waals surface area contributed by atoms with Crippen molar-refractivity contribution < 1.29 is 0 Å². The number of hydrogen-bond donors (Lipinski definition) is 0. The van der Waals surface area contributed by atoms with Crippen molar-refractivity contribution in [3.63, 3.8) is 0 Å². The number of fused-ring (bicyclic) bond motifs is 6. The molecule has 0 atom stereocenters. The first kappa shape index (κ1) is 34.6. The summed E-state index contributed by atoms with van der Waals surface area (Å²) in [7, 11) is 0. The summed E-state index contributed by atoms with van der Waals surface area (Å²) in [4.78, 5) is 21.0. The molecule has 0 saturated heterocycles. The fourth-order valence-electron chi connectivity index (χ4n) is 8.42. The summed E-state index contributed by atoms with van der Waals surface area (Å²) in [6.45, 7) is 0. The van der Waals surface area contributed by atoms with Crippen LogP contribution in [0.4, 0.5) is 0 Å². The summed E-state index contributed by atoms with van der Waals surface area (Å²) in [5.41, 5.74) is 9.62. The lowest BCUT2D eigenvalue weighted by atomic mass is 9.93. The Bertz CT molecular complexity index is 3590. The van der Waals surface area contributed by atoms with Crippen LogP contribution in [-0.2, 0) is 0 Å². The molecule has 4 nitrogen and oxygen atoms in total. The minimum Gasteiger partial charge on any atom is -0.236 e. The average Bonchev–Trinajstić information content (AvgIpc) is 3.92. The zero-order chi connectivity index (χ0) is 39.6. The molecule has 9 aromatic carbocycles. The quantitative estimate of drug-likeness (QED) is 0.168. The summed E-state index contributed by atoms with van der Waals surface area (Å²) in [6.07, 6.45) is 0. The Morgan fingerprint density at radius 2 is 0.917 bits per heavy atom. The largest absolute Gasteiger partial charge is 0.236 e. The van der Waals surface area contributed by atoms with E-state index in [1.807, 2.05) is 29.5 Å². The minimum absolute atomic E-state index is 0.632. The molecule has 0 fully saturated rings. The first-order chi connectivity index (χ1) is 29.7. The van der Waals surface area contributed by atoms with Crippen molar-refractivity contribution in [2.75, 3.05) is 0 Å². The highest BCUT2D eigenvalue weighted by atomic mass is 32.1. The lowest BCUT2D eigenvalue weighted by molar-refractivity contribution is 1.08. The predicted octanol–water partition coefficient (Wildman–Crippen LogP) is 15.2. The van der Waals surface area contributed by atoms with E-state index in [1.165, 1.54) is 42.2 Å². The molecule has 60 heavy (non-hydrogen) atoms. The van der Waals surface area contributed by atoms with E-state index in [2.05, 4.69) is 176 Å². The molecule has 0 aliphatic rings. The molecule has 0 amide bonds. The summed E-state index contributed by atoms with van der Waals surface area (Å²) in [6, 6.07) is 68.6. The Labute approximate surface area is 353 Å². The molecule has 3 aromatic heterocycles. The fourth-order valence-corrected chi connectivity index (χ4v) is 10.7. The molecule has 0 bridgehead atoms. The van der Waals surface area contributed by atoms with Gasteiger partial charge in [-0.3, -0.25) is 0 Å². The van der Waals surface area contributed by atoms with Crippen LogP contribution in [0.25, 0.3) is 119 Å². The van der Waals surface area contributed by atoms with Crippen LogP contribution in [0.15, 0.2) is 194 Å². The van der Waals surface area contributed by atoms with Crippen LogP contribution in [0.2, 0.25) is 0 Å². The Hall–Kier alpha value is -7.38. The van der Waals surface area contributed by atoms with E-state index in [-0.39, 0.29) is 0 Å². The molecule has 3 heterocycles. The molecule has 0 aliphatic carbocycles. The first-order valence-corrected chi connectivity index (χ1v) is 21.6. The van der Waals surface area contributed by atoms with E-state index in [9.17, 15) is 0 Å². The van der Waals surface area contributed by atoms with Crippen LogP contribution in [0.1, 0.15) is 0 Å². The maximum atomic E-state index is 5.34. The Balaban J connectivity index is 1.10. The standard InChI is InChI=1S/C54H32N4S2/c1-3-13-33(14-4-1)35-23-26-37(27-24-35)54-55-45-32-47-49(43-21-11-12-22-46(43)59-47)48(50(45)60-54)41-30-39-19-9-10-20-42(39)44(31-41)53-57-51(36-16-5-2-6-17-36)56-52(58-53)40-28-25-34-15-7-8-18-38(34)29-40/h1-32H. The predicted molar refractivity (Wildman–Crippen MR) is 254 cm³/mol. The van der Waals surface area contributed by atoms with Gasteiger partial charge in [0.2, 0.25) is 0 Å². The van der Waals surface area contributed by atoms with E-state index in [1.54, 1.807) is 11.3 Å². The van der Waals surface area contributed by atoms with Gasteiger partial charge in [-0.2, -0.15) is 0 Å². The minimum atomic E-state index is 0.632. The molecular formula is C54H32N4S2. The molecule has 0 aliphatic heterocycles. The second-order valence-electron chi connectivity index (χ2n) is 15.0. The summed E-state index contributed by atoms with van der Waals surface area (Å²) >= 11 is 3.59. The lowest BCUT2D eigenvalue weighted by Gasteiger charge is -2.14. The third-order valence-electron chi connectivity index (χ3n) is 11.3. The Morgan fingerprint density at radius 1 is 0.333 bits per heavy atom. The smallest absolute Gasteiger partial charge is 0.164 e. The molecule has 12 aromatic rings. The molecular weight excluding hydrogens is 769 g/mol. The van der Waals surface area contributed by atoms with Gasteiger partial charge in [-0.05, 0) is 68.6 Å². The van der Waals surface area contributed by atoms with Gasteiger partial charge in [0.1, 0.15) is 5.01 Å². The fraction of sp³-hybridized carbons (Fsp3) is 0. The van der Waals surface area contributed by atoms with Gasteiger partial charge in [-0.15, -0.1) is 22.7 Å². The Morgan fingerprint density at radius 3 is 1.72 bits per heavy atom. The van der Waals surface area contributed by atoms with Gasteiger partial charge in [0.15, 0.2) is 17.5 Å². The number of hydrogen-bond acceptors (Lipinski definition) is 6. The highest BCUT2D eigenvalue weighted by Crippen LogP contribution is 2.48. The molecule has 0 radical (unpaired) electrons. The van der Waals surface area contributed by atoms with Gasteiger partial charge in [-0.25, -0.2) is 19.9 Å². The van der Waals surface area contributed by atoms with Crippen LogP contribution in [-0.4, -0.2) is 19.9 Å². The van der Waals surface area contributed by atoms with Crippen LogP contribution < -0.4 is 0 Å². The van der Waals surface area contributed by atoms with Crippen molar-refractivity contribution in [3.8, 4) is 67.0 Å². The summed E-state index contributed by atoms with van der Waals surface area (Å²) < 4.78 is 3.64. The molecule has 12 rings (SSSR count). The number of rotatable bonds is 6. The van der Waals surface area contributed by atoms with Crippen molar-refractivity contribution in [3.05, 3.63) is 194 Å². The van der Waals surface area contributed by atoms with Crippen molar-refractivity contribution in [1.82, 2.24) is 19.9 Å². The van der Waals surface area contributed by atoms with Crippen molar-refractivity contribution in [2.45, 2.75) is 0 Å². The lowest BCUT2D eigenvalue weighted by Crippen LogP contribution is -2.01. The van der Waals surface area contributed by atoms with Crippen LogP contribution >= 0.6 is 22.7 Å². The van der Waals surface area contributed by atoms with E-state index in [0.29, 0.717) is 17.5 Å². The van der Waals surface area contributed by atoms with Crippen molar-refractivity contribution in [1.29, 1.82) is 0 Å². The monoisotopic (exact) mass is 800 g/mol. The van der Waals surface area contributed by atoms with Gasteiger partial charge >= 0.3 is 0 Å². The van der Waals surface area contributed by atoms with Gasteiger partial charge in [0.25, 0.3) is 0 Å². The topological polar surface area (TPSA) is 51.6 Å². The van der Waals surface area contributed by atoms with Gasteiger partial charge < -0.3 is 0 Å². The van der Waals surface area contributed by atoms with E-state index in [4.69, 9.17) is 19.9 Å². The van der Waals surface area contributed by atoms with Gasteiger partial charge in [0, 0.05) is 48.0 Å². The zero-order valence-corrected chi connectivity index (χ0v) is 33.7. The van der Waals surface area contributed by atoms with Crippen molar-refractivity contribution in [2.24, 2.45) is 0 Å². The van der Waals surface area contributed by atoms with Crippen LogP contribution in [0, 0.1) is 0 Å². The second kappa shape index (κ2) is 14.2. The first-order valence-electron chi connectivity index (χ1n) is 20.0. The maximum Gasteiger partial charge on any atom is 0.164 e. The zero-order valence-electron chi connectivity index (χ0n) is 32.1. The third kappa shape index (κ3) is 5.96. The van der Waals surface area contributed by atoms with Crippen LogP contribution in [0.3, 0.4) is 0 Å². The molecule has 6 heteroatoms. The second-order valence-corrected chi connectivity index (χ2v) is 17.1. The summed E-state index contributed by atoms with van der Waals surface area (Å²) in [5.74, 6) is 1.90. The van der Waals surface area contributed by atoms with Gasteiger partial charge in [-0.1, -0.05) is 164 Å². The molecule has 0 unspecified atom stereocenters. The molecule has 0 N–H and O–H groups in total. The summed E-state index contributed by atoms with van der Waals surface area (Å²) in [5, 5.41) is 8.01. The van der Waals surface area contributed by atoms with Crippen LogP contribution in [0.5, 0.6) is 0 Å². The van der Waals surface area contributed by atoms with E-state index in [0.717, 1.165) is 59.2 Å². The SMILES string of the molecule is c1ccc(-c2ccc(-c3nc4cc5sc6ccccc6c5c(-c5cc(-c6nc(-c7ccccc7)nc(-c7ccc8ccccc8c7)n6)c6ccccc6c5)c4s3)cc2)cc1. The van der Waals surface area contributed by atoms with Crippen molar-refractivity contribution >= 4 is 74.6 Å². The normalized spacial score (nSPS) is 11.7. The highest BCUT2D eigenvalue weighted by molar-refractivity contribution is 7.26. The number of benzene rings is 9. The van der Waals surface area contributed by atoms with Gasteiger partial charge in [0.05, 0.1) is 10.2 Å². The molecule has 280 valence electrons. The highest BCUT2D eigenvalue weighted by Gasteiger charge is 2.22. The van der Waals surface area contributed by atoms with E-state index < -0.39 is 0 Å². The molecule has 0 spiro atoms. The number of thiophene rings is 1. The average molecular weight is 801 g/mol. The van der Waals surface area contributed by atoms with E-state index >= 15 is 0 Å². The Kier molecular flexibility index (Phi) is 8.18. The maximum absolute atomic E-state index is 5.34. The number of aromatic nitrogens is 4. The molecule has 0 saturated carbocycles. The third-order valence-corrected chi connectivity index (χ3v) is 13.6.